The summed E-state index contributed by atoms with van der Waals surface area (Å²) >= 11 is 0. The molecule has 0 spiro atoms. The molecule has 8 heteroatoms. The van der Waals surface area contributed by atoms with E-state index in [-0.39, 0.29) is 40.7 Å². The molecule has 0 aliphatic carbocycles. The predicted octanol–water partition coefficient (Wildman–Crippen LogP) is 1.21. The van der Waals surface area contributed by atoms with Crippen molar-refractivity contribution >= 4 is 21.7 Å². The molecule has 3 heterocycles. The third kappa shape index (κ3) is 4.06. The largest absolute Gasteiger partial charge is 0.337 e. The van der Waals surface area contributed by atoms with E-state index in [4.69, 9.17) is 0 Å². The molecule has 1 aromatic heterocycles. The molecule has 0 aromatic carbocycles. The Bertz CT molecular complexity index is 808. The van der Waals surface area contributed by atoms with Crippen molar-refractivity contribution < 1.29 is 18.0 Å². The fourth-order valence-corrected chi connectivity index (χ4v) is 5.41. The van der Waals surface area contributed by atoms with Gasteiger partial charge in [0.05, 0.1) is 11.5 Å². The molecule has 2 aliphatic heterocycles. The van der Waals surface area contributed by atoms with Crippen molar-refractivity contribution in [1.82, 2.24) is 14.8 Å². The van der Waals surface area contributed by atoms with Gasteiger partial charge in [-0.25, -0.2) is 13.4 Å². The first-order valence-electron chi connectivity index (χ1n) is 9.01. The zero-order valence-corrected chi connectivity index (χ0v) is 16.0. The zero-order chi connectivity index (χ0) is 18.9. The number of rotatable bonds is 3. The summed E-state index contributed by atoms with van der Waals surface area (Å²) in [4.78, 5) is 32.9. The number of nitrogens with zero attached hydrogens (tertiary/aromatic N) is 3. The molecule has 0 radical (unpaired) electrons. The highest BCUT2D eigenvalue weighted by Gasteiger charge is 2.33. The number of hydrogen-bond acceptors (Lipinski definition) is 5. The van der Waals surface area contributed by atoms with Crippen molar-refractivity contribution in [1.29, 1.82) is 0 Å². The zero-order valence-electron chi connectivity index (χ0n) is 15.2. The second kappa shape index (κ2) is 7.34. The van der Waals surface area contributed by atoms with E-state index >= 15 is 0 Å². The molecule has 1 aromatic rings. The second-order valence-corrected chi connectivity index (χ2v) is 9.61. The minimum absolute atomic E-state index is 0.0144. The van der Waals surface area contributed by atoms with E-state index in [1.54, 1.807) is 30.1 Å². The van der Waals surface area contributed by atoms with Gasteiger partial charge in [-0.15, -0.1) is 0 Å². The van der Waals surface area contributed by atoms with Crippen LogP contribution in [0.15, 0.2) is 18.2 Å². The average molecular weight is 379 g/mol. The van der Waals surface area contributed by atoms with E-state index in [1.807, 2.05) is 0 Å². The van der Waals surface area contributed by atoms with E-state index < -0.39 is 9.84 Å². The van der Waals surface area contributed by atoms with Crippen molar-refractivity contribution in [2.24, 2.45) is 5.92 Å². The quantitative estimate of drug-likeness (QED) is 0.788. The van der Waals surface area contributed by atoms with Crippen LogP contribution in [0.25, 0.3) is 0 Å². The van der Waals surface area contributed by atoms with Crippen molar-refractivity contribution in [3.05, 3.63) is 29.6 Å². The SMILES string of the molecule is CC1CCCN(C(=O)c2cccc(C(=O)N(C)C3CCS(=O)(=O)C3)n2)C1. The molecule has 26 heavy (non-hydrogen) atoms. The molecular formula is C18H25N3O4S. The molecule has 2 atom stereocenters. The predicted molar refractivity (Wildman–Crippen MR) is 97.7 cm³/mol. The van der Waals surface area contributed by atoms with Crippen LogP contribution in [0, 0.1) is 5.92 Å². The number of amides is 2. The number of hydrogen-bond donors (Lipinski definition) is 0. The first-order valence-corrected chi connectivity index (χ1v) is 10.8. The normalized spacial score (nSPS) is 25.1. The Balaban J connectivity index is 1.74. The van der Waals surface area contributed by atoms with Crippen LogP contribution >= 0.6 is 0 Å². The molecule has 7 nitrogen and oxygen atoms in total. The number of aromatic nitrogens is 1. The van der Waals surface area contributed by atoms with Gasteiger partial charge in [0.25, 0.3) is 11.8 Å². The first kappa shape index (κ1) is 18.8. The summed E-state index contributed by atoms with van der Waals surface area (Å²) in [5, 5.41) is 0. The minimum Gasteiger partial charge on any atom is -0.337 e. The summed E-state index contributed by atoms with van der Waals surface area (Å²) < 4.78 is 23.3. The lowest BCUT2D eigenvalue weighted by Crippen LogP contribution is -2.40. The van der Waals surface area contributed by atoms with Gasteiger partial charge in [-0.2, -0.15) is 0 Å². The van der Waals surface area contributed by atoms with Gasteiger partial charge in [0, 0.05) is 26.2 Å². The second-order valence-electron chi connectivity index (χ2n) is 7.38. The van der Waals surface area contributed by atoms with Crippen LogP contribution in [0.5, 0.6) is 0 Å². The Kier molecular flexibility index (Phi) is 5.32. The standard InChI is InChI=1S/C18H25N3O4S/c1-13-5-4-9-21(11-13)18(23)16-7-3-6-15(19-16)17(22)20(2)14-8-10-26(24,25)12-14/h3,6-7,13-14H,4-5,8-12H2,1-2H3. The average Bonchev–Trinajstić information content (AvgIpc) is 2.99. The Morgan fingerprint density at radius 2 is 1.96 bits per heavy atom. The maximum absolute atomic E-state index is 12.7. The van der Waals surface area contributed by atoms with Crippen molar-refractivity contribution in [2.75, 3.05) is 31.6 Å². The Morgan fingerprint density at radius 3 is 2.62 bits per heavy atom. The van der Waals surface area contributed by atoms with Gasteiger partial charge >= 0.3 is 0 Å². The number of carbonyl (C=O) groups is 2. The molecule has 142 valence electrons. The Hall–Kier alpha value is -1.96. The number of piperidine rings is 1. The van der Waals surface area contributed by atoms with Gasteiger partial charge in [0.2, 0.25) is 0 Å². The fourth-order valence-electron chi connectivity index (χ4n) is 3.64. The number of sulfone groups is 1. The summed E-state index contributed by atoms with van der Waals surface area (Å²) in [5.41, 5.74) is 0.435. The molecule has 2 unspecified atom stereocenters. The van der Waals surface area contributed by atoms with E-state index in [1.165, 1.54) is 4.90 Å². The maximum atomic E-state index is 12.7. The summed E-state index contributed by atoms with van der Waals surface area (Å²) in [7, 11) is -1.48. The Morgan fingerprint density at radius 1 is 1.23 bits per heavy atom. The lowest BCUT2D eigenvalue weighted by molar-refractivity contribution is 0.0676. The van der Waals surface area contributed by atoms with Crippen molar-refractivity contribution in [2.45, 2.75) is 32.2 Å². The summed E-state index contributed by atoms with van der Waals surface area (Å²) in [5.74, 6) is 0.0486. The van der Waals surface area contributed by atoms with Gasteiger partial charge in [-0.05, 0) is 37.3 Å². The number of likely N-dealkylation sites (tertiary alicyclic amines) is 1. The van der Waals surface area contributed by atoms with E-state index in [9.17, 15) is 18.0 Å². The van der Waals surface area contributed by atoms with Gasteiger partial charge in [0.15, 0.2) is 9.84 Å². The van der Waals surface area contributed by atoms with Crippen LogP contribution in [0.4, 0.5) is 0 Å². The molecule has 0 N–H and O–H groups in total. The van der Waals surface area contributed by atoms with Crippen LogP contribution in [-0.2, 0) is 9.84 Å². The monoisotopic (exact) mass is 379 g/mol. The third-order valence-corrected chi connectivity index (χ3v) is 6.96. The molecular weight excluding hydrogens is 354 g/mol. The summed E-state index contributed by atoms with van der Waals surface area (Å²) in [6.45, 7) is 3.54. The maximum Gasteiger partial charge on any atom is 0.272 e. The molecule has 2 amide bonds. The topological polar surface area (TPSA) is 87.7 Å². The molecule has 0 saturated carbocycles. The van der Waals surface area contributed by atoms with Crippen LogP contribution in [0.3, 0.4) is 0 Å². The van der Waals surface area contributed by atoms with Crippen LogP contribution in [-0.4, -0.2) is 72.7 Å². The molecule has 2 saturated heterocycles. The van der Waals surface area contributed by atoms with Crippen LogP contribution in [0.2, 0.25) is 0 Å². The van der Waals surface area contributed by atoms with Gasteiger partial charge in [-0.3, -0.25) is 9.59 Å². The van der Waals surface area contributed by atoms with E-state index in [0.717, 1.165) is 12.8 Å². The molecule has 0 bridgehead atoms. The minimum atomic E-state index is -3.07. The summed E-state index contributed by atoms with van der Waals surface area (Å²) in [6.07, 6.45) is 2.53. The van der Waals surface area contributed by atoms with E-state index in [0.29, 0.717) is 25.4 Å². The van der Waals surface area contributed by atoms with Crippen molar-refractivity contribution in [3.63, 3.8) is 0 Å². The Labute approximate surface area is 154 Å². The van der Waals surface area contributed by atoms with E-state index in [2.05, 4.69) is 11.9 Å². The lowest BCUT2D eigenvalue weighted by atomic mass is 10.00. The first-order chi connectivity index (χ1) is 12.3. The highest BCUT2D eigenvalue weighted by Crippen LogP contribution is 2.20. The number of pyridine rings is 1. The highest BCUT2D eigenvalue weighted by atomic mass is 32.2. The van der Waals surface area contributed by atoms with Gasteiger partial charge < -0.3 is 9.80 Å². The number of carbonyl (C=O) groups excluding carboxylic acids is 2. The smallest absolute Gasteiger partial charge is 0.272 e. The molecule has 2 fully saturated rings. The third-order valence-electron chi connectivity index (χ3n) is 5.21. The van der Waals surface area contributed by atoms with Crippen LogP contribution < -0.4 is 0 Å². The fraction of sp³-hybridized carbons (Fsp3) is 0.611. The van der Waals surface area contributed by atoms with Crippen molar-refractivity contribution in [3.8, 4) is 0 Å². The van der Waals surface area contributed by atoms with Gasteiger partial charge in [0.1, 0.15) is 11.4 Å². The van der Waals surface area contributed by atoms with Gasteiger partial charge in [-0.1, -0.05) is 13.0 Å². The highest BCUT2D eigenvalue weighted by molar-refractivity contribution is 7.91. The lowest BCUT2D eigenvalue weighted by Gasteiger charge is -2.30. The molecule has 2 aliphatic rings. The summed E-state index contributed by atoms with van der Waals surface area (Å²) in [6, 6.07) is 4.51. The molecule has 3 rings (SSSR count). The van der Waals surface area contributed by atoms with Crippen LogP contribution in [0.1, 0.15) is 47.2 Å².